The van der Waals surface area contributed by atoms with E-state index in [2.05, 4.69) is 10.4 Å². The molecule has 0 saturated carbocycles. The van der Waals surface area contributed by atoms with Crippen molar-refractivity contribution in [3.8, 4) is 17.4 Å². The average Bonchev–Trinajstić information content (AvgIpc) is 3.23. The molecule has 1 N–H and O–H groups in total. The van der Waals surface area contributed by atoms with Crippen molar-refractivity contribution in [3.63, 3.8) is 0 Å². The fourth-order valence-corrected chi connectivity index (χ4v) is 2.14. The number of methoxy groups -OCH3 is 1. The average molecular weight is 329 g/mol. The van der Waals surface area contributed by atoms with E-state index in [-0.39, 0.29) is 24.9 Å². The standard InChI is InChI=1S/C16H15N3O5/c1-22-12-6-3-2-5-11(12)9-17-14(20)10-19-16(21)24-15(18-19)13-7-4-8-23-13/h2-8H,9-10H2,1H3,(H,17,20). The van der Waals surface area contributed by atoms with Gasteiger partial charge in [-0.25, -0.2) is 4.79 Å². The maximum absolute atomic E-state index is 12.0. The minimum Gasteiger partial charge on any atom is -0.496 e. The van der Waals surface area contributed by atoms with Crippen molar-refractivity contribution >= 4 is 5.91 Å². The minimum absolute atomic E-state index is 0.0301. The lowest BCUT2D eigenvalue weighted by Gasteiger charge is -2.09. The molecule has 1 aromatic carbocycles. The zero-order chi connectivity index (χ0) is 16.9. The highest BCUT2D eigenvalue weighted by atomic mass is 16.5. The molecule has 0 saturated heterocycles. The van der Waals surface area contributed by atoms with E-state index in [0.29, 0.717) is 11.5 Å². The Kier molecular flexibility index (Phi) is 4.46. The molecule has 2 heterocycles. The predicted molar refractivity (Wildman–Crippen MR) is 83.3 cm³/mol. The molecule has 8 nitrogen and oxygen atoms in total. The number of nitrogens with one attached hydrogen (secondary N) is 1. The summed E-state index contributed by atoms with van der Waals surface area (Å²) >= 11 is 0. The Morgan fingerprint density at radius 1 is 1.29 bits per heavy atom. The number of hydrogen-bond acceptors (Lipinski definition) is 6. The molecule has 1 amide bonds. The molecule has 0 unspecified atom stereocenters. The van der Waals surface area contributed by atoms with Crippen LogP contribution in [0.5, 0.6) is 5.75 Å². The number of nitrogens with zero attached hydrogens (tertiary/aromatic N) is 2. The van der Waals surface area contributed by atoms with E-state index in [4.69, 9.17) is 13.6 Å². The van der Waals surface area contributed by atoms with Crippen LogP contribution >= 0.6 is 0 Å². The van der Waals surface area contributed by atoms with Crippen LogP contribution in [0.25, 0.3) is 11.7 Å². The molecule has 24 heavy (non-hydrogen) atoms. The van der Waals surface area contributed by atoms with Crippen molar-refractivity contribution in [2.45, 2.75) is 13.1 Å². The lowest BCUT2D eigenvalue weighted by molar-refractivity contribution is -0.122. The zero-order valence-electron chi connectivity index (χ0n) is 12.9. The number of amides is 1. The molecule has 0 aliphatic rings. The second-order valence-electron chi connectivity index (χ2n) is 4.90. The highest BCUT2D eigenvalue weighted by Gasteiger charge is 2.15. The Morgan fingerprint density at radius 2 is 2.12 bits per heavy atom. The highest BCUT2D eigenvalue weighted by Crippen LogP contribution is 2.17. The van der Waals surface area contributed by atoms with Crippen LogP contribution in [-0.2, 0) is 17.9 Å². The first kappa shape index (κ1) is 15.6. The number of furan rings is 1. The van der Waals surface area contributed by atoms with Gasteiger partial charge in [-0.2, -0.15) is 4.68 Å². The molecule has 0 fully saturated rings. The van der Waals surface area contributed by atoms with Crippen LogP contribution in [0.15, 0.2) is 56.3 Å². The van der Waals surface area contributed by atoms with Crippen LogP contribution in [0.3, 0.4) is 0 Å². The van der Waals surface area contributed by atoms with Crippen molar-refractivity contribution in [2.75, 3.05) is 7.11 Å². The second-order valence-corrected chi connectivity index (χ2v) is 4.90. The fourth-order valence-electron chi connectivity index (χ4n) is 2.14. The Bertz CT molecular complexity index is 879. The molecule has 0 spiro atoms. The quantitative estimate of drug-likeness (QED) is 0.734. The van der Waals surface area contributed by atoms with Gasteiger partial charge >= 0.3 is 5.76 Å². The van der Waals surface area contributed by atoms with E-state index in [0.717, 1.165) is 10.2 Å². The summed E-state index contributed by atoms with van der Waals surface area (Å²) < 4.78 is 16.2. The molecule has 3 rings (SSSR count). The van der Waals surface area contributed by atoms with Crippen LogP contribution < -0.4 is 15.8 Å². The number of carbonyl (C=O) groups is 1. The molecule has 3 aromatic rings. The van der Waals surface area contributed by atoms with Crippen LogP contribution in [0.2, 0.25) is 0 Å². The molecule has 8 heteroatoms. The van der Waals surface area contributed by atoms with E-state index in [9.17, 15) is 9.59 Å². The van der Waals surface area contributed by atoms with Crippen LogP contribution in [0, 0.1) is 0 Å². The first-order valence-corrected chi connectivity index (χ1v) is 7.18. The molecular weight excluding hydrogens is 314 g/mol. The van der Waals surface area contributed by atoms with Gasteiger partial charge in [0.05, 0.1) is 13.4 Å². The van der Waals surface area contributed by atoms with Crippen molar-refractivity contribution in [1.82, 2.24) is 15.1 Å². The minimum atomic E-state index is -0.728. The highest BCUT2D eigenvalue weighted by molar-refractivity contribution is 5.75. The Labute approximate surface area is 136 Å². The lowest BCUT2D eigenvalue weighted by Crippen LogP contribution is -2.31. The number of rotatable bonds is 6. The third kappa shape index (κ3) is 3.37. The Balaban J connectivity index is 1.64. The molecule has 0 bridgehead atoms. The third-order valence-corrected chi connectivity index (χ3v) is 3.30. The number of ether oxygens (including phenoxy) is 1. The second kappa shape index (κ2) is 6.86. The first-order chi connectivity index (χ1) is 11.7. The number of hydrogen-bond donors (Lipinski definition) is 1. The van der Waals surface area contributed by atoms with Crippen LogP contribution in [-0.4, -0.2) is 22.8 Å². The van der Waals surface area contributed by atoms with Gasteiger partial charge in [-0.15, -0.1) is 5.10 Å². The van der Waals surface area contributed by atoms with Gasteiger partial charge in [-0.1, -0.05) is 18.2 Å². The zero-order valence-corrected chi connectivity index (χ0v) is 12.9. The molecule has 124 valence electrons. The molecule has 0 aliphatic carbocycles. The van der Waals surface area contributed by atoms with E-state index in [1.807, 2.05) is 18.2 Å². The van der Waals surface area contributed by atoms with Crippen molar-refractivity contribution in [3.05, 3.63) is 58.8 Å². The summed E-state index contributed by atoms with van der Waals surface area (Å²) in [6.07, 6.45) is 1.44. The maximum Gasteiger partial charge on any atom is 0.437 e. The van der Waals surface area contributed by atoms with E-state index >= 15 is 0 Å². The number of carbonyl (C=O) groups excluding carboxylic acids is 1. The monoisotopic (exact) mass is 329 g/mol. The van der Waals surface area contributed by atoms with Gasteiger partial charge in [0.25, 0.3) is 5.89 Å². The largest absolute Gasteiger partial charge is 0.496 e. The van der Waals surface area contributed by atoms with Gasteiger partial charge in [0.1, 0.15) is 12.3 Å². The fraction of sp³-hybridized carbons (Fsp3) is 0.188. The van der Waals surface area contributed by atoms with E-state index < -0.39 is 5.76 Å². The van der Waals surface area contributed by atoms with Gasteiger partial charge in [-0.3, -0.25) is 4.79 Å². The number of para-hydroxylation sites is 1. The summed E-state index contributed by atoms with van der Waals surface area (Å²) in [5.41, 5.74) is 0.831. The molecule has 0 aliphatic heterocycles. The van der Waals surface area contributed by atoms with Crippen LogP contribution in [0.1, 0.15) is 5.56 Å². The third-order valence-electron chi connectivity index (χ3n) is 3.30. The van der Waals surface area contributed by atoms with Crippen molar-refractivity contribution < 1.29 is 18.4 Å². The summed E-state index contributed by atoms with van der Waals surface area (Å²) in [7, 11) is 1.56. The van der Waals surface area contributed by atoms with Crippen LogP contribution in [0.4, 0.5) is 0 Å². The van der Waals surface area contributed by atoms with Gasteiger partial charge in [0, 0.05) is 12.1 Å². The van der Waals surface area contributed by atoms with Gasteiger partial charge in [0.15, 0.2) is 5.76 Å². The molecular formula is C16H15N3O5. The van der Waals surface area contributed by atoms with E-state index in [1.54, 1.807) is 25.3 Å². The normalized spacial score (nSPS) is 10.5. The van der Waals surface area contributed by atoms with Gasteiger partial charge in [-0.05, 0) is 18.2 Å². The predicted octanol–water partition coefficient (Wildman–Crippen LogP) is 1.42. The summed E-state index contributed by atoms with van der Waals surface area (Å²) in [5.74, 6) is -0.0736. The Hall–Kier alpha value is -3.29. The van der Waals surface area contributed by atoms with Gasteiger partial charge in [0.2, 0.25) is 5.91 Å². The first-order valence-electron chi connectivity index (χ1n) is 7.18. The number of aromatic nitrogens is 2. The SMILES string of the molecule is COc1ccccc1CNC(=O)Cn1nc(-c2ccco2)oc1=O. The van der Waals surface area contributed by atoms with Crippen molar-refractivity contribution in [1.29, 1.82) is 0 Å². The summed E-state index contributed by atoms with van der Waals surface area (Å²) in [5, 5.41) is 6.65. The smallest absolute Gasteiger partial charge is 0.437 e. The van der Waals surface area contributed by atoms with Gasteiger partial charge < -0.3 is 18.9 Å². The lowest BCUT2D eigenvalue weighted by atomic mass is 10.2. The maximum atomic E-state index is 12.0. The summed E-state index contributed by atoms with van der Waals surface area (Å²) in [6, 6.07) is 10.6. The molecule has 2 aromatic heterocycles. The molecule has 0 atom stereocenters. The number of benzene rings is 1. The Morgan fingerprint density at radius 3 is 2.88 bits per heavy atom. The topological polar surface area (TPSA) is 99.5 Å². The summed E-state index contributed by atoms with van der Waals surface area (Å²) in [4.78, 5) is 23.8. The van der Waals surface area contributed by atoms with E-state index in [1.165, 1.54) is 6.26 Å². The summed E-state index contributed by atoms with van der Waals surface area (Å²) in [6.45, 7) is 0.0265. The molecule has 0 radical (unpaired) electrons. The van der Waals surface area contributed by atoms with Crippen molar-refractivity contribution in [2.24, 2.45) is 0 Å².